The summed E-state index contributed by atoms with van der Waals surface area (Å²) in [4.78, 5) is 6.99. The fourth-order valence-electron chi connectivity index (χ4n) is 1.85. The summed E-state index contributed by atoms with van der Waals surface area (Å²) in [6.45, 7) is 4.29. The molecule has 2 rings (SSSR count). The number of aromatic nitrogens is 1. The lowest BCUT2D eigenvalue weighted by Crippen LogP contribution is -2.32. The second-order valence-corrected chi connectivity index (χ2v) is 5.30. The molecule has 0 aliphatic carbocycles. The van der Waals surface area contributed by atoms with Crippen LogP contribution in [0, 0.1) is 0 Å². The quantitative estimate of drug-likeness (QED) is 0.855. The monoisotopic (exact) mass is 237 g/mol. The van der Waals surface area contributed by atoms with E-state index in [0.717, 1.165) is 13.1 Å². The van der Waals surface area contributed by atoms with Crippen LogP contribution in [0.4, 0.5) is 0 Å². The number of hydrogen-bond acceptors (Lipinski definition) is 4. The molecule has 1 N–H and O–H groups in total. The Labute approximate surface area is 102 Å². The topological polar surface area (TPSA) is 28.2 Å². The van der Waals surface area contributed by atoms with Gasteiger partial charge < -0.3 is 5.32 Å². The molecule has 0 saturated carbocycles. The second-order valence-electron chi connectivity index (χ2n) is 4.08. The average Bonchev–Trinajstić information content (AvgIpc) is 2.33. The first-order chi connectivity index (χ1) is 7.88. The van der Waals surface area contributed by atoms with E-state index >= 15 is 0 Å². The van der Waals surface area contributed by atoms with Gasteiger partial charge >= 0.3 is 0 Å². The van der Waals surface area contributed by atoms with Gasteiger partial charge in [-0.25, -0.2) is 0 Å². The summed E-state index contributed by atoms with van der Waals surface area (Å²) in [6.07, 6.45) is 1.98. The van der Waals surface area contributed by atoms with Crippen molar-refractivity contribution in [2.75, 3.05) is 31.6 Å². The minimum atomic E-state index is 0.896. The van der Waals surface area contributed by atoms with Crippen LogP contribution in [-0.2, 0) is 13.1 Å². The van der Waals surface area contributed by atoms with Gasteiger partial charge in [-0.1, -0.05) is 6.07 Å². The van der Waals surface area contributed by atoms with Crippen molar-refractivity contribution in [3.05, 3.63) is 29.6 Å². The number of thioether (sulfide) groups is 1. The van der Waals surface area contributed by atoms with E-state index in [1.165, 1.54) is 35.9 Å². The number of nitrogens with one attached hydrogen (secondary N) is 1. The van der Waals surface area contributed by atoms with Gasteiger partial charge in [0.25, 0.3) is 0 Å². The summed E-state index contributed by atoms with van der Waals surface area (Å²) < 4.78 is 0. The zero-order valence-corrected chi connectivity index (χ0v) is 10.6. The van der Waals surface area contributed by atoms with E-state index < -0.39 is 0 Å². The summed E-state index contributed by atoms with van der Waals surface area (Å²) in [6, 6.07) is 4.31. The fraction of sp³-hybridized carbons (Fsp3) is 0.583. The van der Waals surface area contributed by atoms with Gasteiger partial charge in [-0.05, 0) is 18.7 Å². The third-order valence-corrected chi connectivity index (χ3v) is 3.70. The van der Waals surface area contributed by atoms with Crippen LogP contribution in [0.25, 0.3) is 0 Å². The molecule has 0 radical (unpaired) electrons. The molecule has 0 aromatic carbocycles. The Balaban J connectivity index is 1.88. The molecule has 1 aliphatic heterocycles. The van der Waals surface area contributed by atoms with E-state index in [1.807, 2.05) is 25.0 Å². The Morgan fingerprint density at radius 1 is 1.38 bits per heavy atom. The average molecular weight is 237 g/mol. The largest absolute Gasteiger partial charge is 0.316 e. The first-order valence-electron chi connectivity index (χ1n) is 5.77. The highest BCUT2D eigenvalue weighted by molar-refractivity contribution is 7.99. The van der Waals surface area contributed by atoms with Crippen molar-refractivity contribution >= 4 is 11.8 Å². The maximum atomic E-state index is 4.50. The van der Waals surface area contributed by atoms with Crippen LogP contribution in [0.3, 0.4) is 0 Å². The lowest BCUT2D eigenvalue weighted by Gasteiger charge is -2.25. The first kappa shape index (κ1) is 11.9. The number of nitrogens with zero attached hydrogens (tertiary/aromatic N) is 2. The Hall–Kier alpha value is -0.580. The van der Waals surface area contributed by atoms with E-state index in [1.54, 1.807) is 0 Å². The first-order valence-corrected chi connectivity index (χ1v) is 6.92. The number of hydrogen-bond donors (Lipinski definition) is 1. The molecular weight excluding hydrogens is 218 g/mol. The molecule has 16 heavy (non-hydrogen) atoms. The van der Waals surface area contributed by atoms with E-state index in [0.29, 0.717) is 0 Å². The van der Waals surface area contributed by atoms with E-state index in [-0.39, 0.29) is 0 Å². The Bertz CT molecular complexity index is 307. The summed E-state index contributed by atoms with van der Waals surface area (Å²) >= 11 is 2.05. The van der Waals surface area contributed by atoms with E-state index in [2.05, 4.69) is 27.3 Å². The van der Waals surface area contributed by atoms with Crippen LogP contribution in [0.2, 0.25) is 0 Å². The highest BCUT2D eigenvalue weighted by Gasteiger charge is 2.10. The van der Waals surface area contributed by atoms with Crippen molar-refractivity contribution in [2.24, 2.45) is 0 Å². The van der Waals surface area contributed by atoms with Crippen LogP contribution in [0.5, 0.6) is 0 Å². The lowest BCUT2D eigenvalue weighted by molar-refractivity contribution is 0.291. The summed E-state index contributed by atoms with van der Waals surface area (Å²) in [5.74, 6) is 2.52. The second kappa shape index (κ2) is 6.23. The lowest BCUT2D eigenvalue weighted by atomic mass is 10.2. The van der Waals surface area contributed by atoms with Gasteiger partial charge in [0.1, 0.15) is 0 Å². The summed E-state index contributed by atoms with van der Waals surface area (Å²) in [5.41, 5.74) is 2.44. The Morgan fingerprint density at radius 3 is 2.81 bits per heavy atom. The minimum absolute atomic E-state index is 0.896. The van der Waals surface area contributed by atoms with Gasteiger partial charge in [-0.3, -0.25) is 9.88 Å². The highest BCUT2D eigenvalue weighted by atomic mass is 32.2. The smallest absolute Gasteiger partial charge is 0.0544 e. The van der Waals surface area contributed by atoms with Gasteiger partial charge in [0, 0.05) is 43.9 Å². The van der Waals surface area contributed by atoms with Crippen molar-refractivity contribution in [2.45, 2.75) is 13.1 Å². The molecule has 3 nitrogen and oxygen atoms in total. The molecule has 0 atom stereocenters. The molecule has 0 spiro atoms. The van der Waals surface area contributed by atoms with Crippen molar-refractivity contribution in [1.82, 2.24) is 15.2 Å². The Morgan fingerprint density at radius 2 is 2.19 bits per heavy atom. The summed E-state index contributed by atoms with van der Waals surface area (Å²) in [7, 11) is 1.96. The molecule has 2 heterocycles. The third-order valence-electron chi connectivity index (χ3n) is 2.76. The predicted octanol–water partition coefficient (Wildman–Crippen LogP) is 1.35. The standard InChI is InChI=1S/C12H19N3S/c1-13-8-11-2-3-12(14-9-11)10-15-4-6-16-7-5-15/h2-3,9,13H,4-8,10H2,1H3. The van der Waals surface area contributed by atoms with Gasteiger partial charge in [0.05, 0.1) is 5.69 Å². The fourth-order valence-corrected chi connectivity index (χ4v) is 2.82. The molecule has 1 aromatic heterocycles. The maximum absolute atomic E-state index is 4.50. The van der Waals surface area contributed by atoms with Crippen molar-refractivity contribution in [1.29, 1.82) is 0 Å². The molecule has 0 bridgehead atoms. The molecule has 0 unspecified atom stereocenters. The van der Waals surface area contributed by atoms with Crippen LogP contribution in [0.1, 0.15) is 11.3 Å². The number of rotatable bonds is 4. The molecule has 4 heteroatoms. The molecular formula is C12H19N3S. The van der Waals surface area contributed by atoms with Crippen LogP contribution >= 0.6 is 11.8 Å². The summed E-state index contributed by atoms with van der Waals surface area (Å²) in [5, 5.41) is 3.13. The van der Waals surface area contributed by atoms with Crippen molar-refractivity contribution < 1.29 is 0 Å². The minimum Gasteiger partial charge on any atom is -0.316 e. The van der Waals surface area contributed by atoms with Crippen LogP contribution in [0.15, 0.2) is 18.3 Å². The Kier molecular flexibility index (Phi) is 4.63. The molecule has 1 fully saturated rings. The maximum Gasteiger partial charge on any atom is 0.0544 e. The third kappa shape index (κ3) is 3.47. The van der Waals surface area contributed by atoms with Gasteiger partial charge in [-0.15, -0.1) is 0 Å². The normalized spacial score (nSPS) is 17.6. The molecule has 1 aromatic rings. The zero-order chi connectivity index (χ0) is 11.2. The highest BCUT2D eigenvalue weighted by Crippen LogP contribution is 2.12. The zero-order valence-electron chi connectivity index (χ0n) is 9.78. The molecule has 0 amide bonds. The number of pyridine rings is 1. The van der Waals surface area contributed by atoms with E-state index in [4.69, 9.17) is 0 Å². The molecule has 88 valence electrons. The van der Waals surface area contributed by atoms with Crippen molar-refractivity contribution in [3.8, 4) is 0 Å². The molecule has 1 aliphatic rings. The molecule has 1 saturated heterocycles. The van der Waals surface area contributed by atoms with Gasteiger partial charge in [0.15, 0.2) is 0 Å². The van der Waals surface area contributed by atoms with Crippen LogP contribution < -0.4 is 5.32 Å². The van der Waals surface area contributed by atoms with Gasteiger partial charge in [-0.2, -0.15) is 11.8 Å². The van der Waals surface area contributed by atoms with Gasteiger partial charge in [0.2, 0.25) is 0 Å². The van der Waals surface area contributed by atoms with Crippen molar-refractivity contribution in [3.63, 3.8) is 0 Å². The predicted molar refractivity (Wildman–Crippen MR) is 69.6 cm³/mol. The van der Waals surface area contributed by atoms with E-state index in [9.17, 15) is 0 Å². The van der Waals surface area contributed by atoms with Crippen LogP contribution in [-0.4, -0.2) is 41.5 Å². The SMILES string of the molecule is CNCc1ccc(CN2CCSCC2)nc1.